The molecular formula is C23H35N5O3. The molecule has 0 spiro atoms. The molecule has 8 heteroatoms. The molecule has 0 fully saturated rings. The second kappa shape index (κ2) is 10.3. The fraction of sp³-hybridized carbons (Fsp3) is 0.522. The molecule has 0 aliphatic rings. The molecule has 1 heterocycles. The molecule has 0 bridgehead atoms. The molecule has 2 rings (SSSR count). The number of nitrogens with one attached hydrogen (secondary N) is 1. The van der Waals surface area contributed by atoms with Crippen LogP contribution in [0.1, 0.15) is 41.5 Å². The van der Waals surface area contributed by atoms with E-state index < -0.39 is 11.2 Å². The van der Waals surface area contributed by atoms with Crippen LogP contribution >= 0.6 is 0 Å². The third-order valence-electron chi connectivity index (χ3n) is 4.81. The third kappa shape index (κ3) is 5.99. The van der Waals surface area contributed by atoms with E-state index in [-0.39, 0.29) is 41.8 Å². The average molecular weight is 430 g/mol. The van der Waals surface area contributed by atoms with Gasteiger partial charge in [0.05, 0.1) is 6.54 Å². The van der Waals surface area contributed by atoms with Gasteiger partial charge in [-0.15, -0.1) is 0 Å². The second-order valence-electron chi connectivity index (χ2n) is 8.96. The number of nitrogens with zero attached hydrogens (tertiary/aromatic N) is 3. The van der Waals surface area contributed by atoms with Gasteiger partial charge >= 0.3 is 5.69 Å². The number of aromatic amines is 1. The molecule has 1 aromatic carbocycles. The van der Waals surface area contributed by atoms with Crippen molar-refractivity contribution >= 4 is 23.1 Å². The zero-order valence-corrected chi connectivity index (χ0v) is 19.4. The highest BCUT2D eigenvalue weighted by Crippen LogP contribution is 2.22. The van der Waals surface area contributed by atoms with Gasteiger partial charge in [-0.05, 0) is 37.8 Å². The molecule has 0 radical (unpaired) electrons. The van der Waals surface area contributed by atoms with Crippen LogP contribution in [0, 0.1) is 11.8 Å². The number of aromatic nitrogens is 2. The van der Waals surface area contributed by atoms with Gasteiger partial charge in [0.25, 0.3) is 5.56 Å². The number of hydrogen-bond acceptors (Lipinski definition) is 5. The Labute approximate surface area is 183 Å². The molecule has 0 aliphatic heterocycles. The van der Waals surface area contributed by atoms with Crippen molar-refractivity contribution in [2.24, 2.45) is 11.8 Å². The number of carbonyl (C=O) groups is 1. The molecule has 170 valence electrons. The number of carbonyl (C=O) groups excluding carboxylic acids is 1. The highest BCUT2D eigenvalue weighted by atomic mass is 16.2. The van der Waals surface area contributed by atoms with Crippen LogP contribution in [0.3, 0.4) is 0 Å². The lowest BCUT2D eigenvalue weighted by atomic mass is 10.1. The molecule has 1 aromatic heterocycles. The largest absolute Gasteiger partial charge is 0.383 e. The van der Waals surface area contributed by atoms with Crippen LogP contribution < -0.4 is 26.8 Å². The second-order valence-corrected chi connectivity index (χ2v) is 8.96. The fourth-order valence-corrected chi connectivity index (χ4v) is 3.66. The molecule has 0 saturated heterocycles. The molecule has 2 aromatic rings. The third-order valence-corrected chi connectivity index (χ3v) is 4.81. The molecule has 0 unspecified atom stereocenters. The Morgan fingerprint density at radius 1 is 1.03 bits per heavy atom. The van der Waals surface area contributed by atoms with Crippen LogP contribution in [0.4, 0.5) is 17.2 Å². The van der Waals surface area contributed by atoms with Gasteiger partial charge in [0, 0.05) is 24.8 Å². The minimum absolute atomic E-state index is 0.0293. The van der Waals surface area contributed by atoms with Crippen molar-refractivity contribution in [1.82, 2.24) is 9.55 Å². The first-order valence-electron chi connectivity index (χ1n) is 10.8. The van der Waals surface area contributed by atoms with Gasteiger partial charge in [-0.2, -0.15) is 0 Å². The van der Waals surface area contributed by atoms with Crippen LogP contribution in [-0.4, -0.2) is 34.6 Å². The first kappa shape index (κ1) is 24.2. The van der Waals surface area contributed by atoms with Gasteiger partial charge in [-0.3, -0.25) is 19.1 Å². The number of hydrogen-bond donors (Lipinski definition) is 2. The van der Waals surface area contributed by atoms with Gasteiger partial charge in [-0.25, -0.2) is 4.79 Å². The maximum Gasteiger partial charge on any atom is 0.330 e. The average Bonchev–Trinajstić information content (AvgIpc) is 2.65. The highest BCUT2D eigenvalue weighted by molar-refractivity contribution is 5.97. The predicted molar refractivity (Wildman–Crippen MR) is 127 cm³/mol. The predicted octanol–water partition coefficient (Wildman–Crippen LogP) is 2.68. The van der Waals surface area contributed by atoms with E-state index in [1.54, 1.807) is 9.80 Å². The van der Waals surface area contributed by atoms with Crippen molar-refractivity contribution < 1.29 is 4.79 Å². The summed E-state index contributed by atoms with van der Waals surface area (Å²) in [5.41, 5.74) is 6.15. The van der Waals surface area contributed by atoms with Crippen molar-refractivity contribution in [1.29, 1.82) is 0 Å². The van der Waals surface area contributed by atoms with E-state index in [2.05, 4.69) is 4.98 Å². The van der Waals surface area contributed by atoms with E-state index in [9.17, 15) is 14.4 Å². The number of nitrogens with two attached hydrogens (primary N) is 1. The Morgan fingerprint density at radius 2 is 1.65 bits per heavy atom. The van der Waals surface area contributed by atoms with Gasteiger partial charge in [0.1, 0.15) is 11.5 Å². The smallest absolute Gasteiger partial charge is 0.330 e. The molecular weight excluding hydrogens is 394 g/mol. The number of benzene rings is 1. The van der Waals surface area contributed by atoms with E-state index in [0.717, 1.165) is 5.69 Å². The summed E-state index contributed by atoms with van der Waals surface area (Å²) in [5, 5.41) is 0. The Balaban J connectivity index is 2.50. The summed E-state index contributed by atoms with van der Waals surface area (Å²) in [5.74, 6) is 0.267. The summed E-state index contributed by atoms with van der Waals surface area (Å²) in [6.07, 6.45) is 0. The van der Waals surface area contributed by atoms with Crippen LogP contribution in [0.2, 0.25) is 0 Å². The van der Waals surface area contributed by atoms with Gasteiger partial charge in [0.15, 0.2) is 0 Å². The molecule has 0 saturated carbocycles. The first-order valence-corrected chi connectivity index (χ1v) is 10.8. The fourth-order valence-electron chi connectivity index (χ4n) is 3.66. The monoisotopic (exact) mass is 429 g/mol. The minimum Gasteiger partial charge on any atom is -0.383 e. The number of anilines is 3. The Bertz CT molecular complexity index is 993. The summed E-state index contributed by atoms with van der Waals surface area (Å²) < 4.78 is 1.37. The number of amides is 1. The normalized spacial score (nSPS) is 11.4. The van der Waals surface area contributed by atoms with E-state index in [1.165, 1.54) is 4.57 Å². The van der Waals surface area contributed by atoms with Crippen molar-refractivity contribution in [2.75, 3.05) is 28.6 Å². The Kier molecular flexibility index (Phi) is 8.08. The summed E-state index contributed by atoms with van der Waals surface area (Å²) in [6.45, 7) is 12.6. The van der Waals surface area contributed by atoms with Crippen LogP contribution in [0.5, 0.6) is 0 Å². The Hall–Kier alpha value is -3.03. The number of H-pyrrole nitrogens is 1. The van der Waals surface area contributed by atoms with Crippen molar-refractivity contribution in [2.45, 2.75) is 54.1 Å². The van der Waals surface area contributed by atoms with Gasteiger partial charge < -0.3 is 15.5 Å². The standard InChI is InChI=1S/C23H35N5O3/c1-15(2)12-26(14-19(29)28(17(5)6)18-10-8-7-9-11-18)20-21(24)27(13-16(3)4)23(31)25-22(20)30/h7-11,15-17H,12-14,24H2,1-6H3,(H,25,30,31). The zero-order chi connectivity index (χ0) is 23.3. The number of nitrogen functional groups attached to an aromatic ring is 1. The van der Waals surface area contributed by atoms with E-state index in [0.29, 0.717) is 13.1 Å². The number of rotatable bonds is 9. The molecule has 0 aliphatic carbocycles. The first-order chi connectivity index (χ1) is 14.5. The van der Waals surface area contributed by atoms with Crippen molar-refractivity contribution in [3.8, 4) is 0 Å². The van der Waals surface area contributed by atoms with Crippen LogP contribution in [0.25, 0.3) is 0 Å². The SMILES string of the molecule is CC(C)CN(CC(=O)N(c1ccccc1)C(C)C)c1c(N)n(CC(C)C)c(=O)[nH]c1=O. The van der Waals surface area contributed by atoms with E-state index in [4.69, 9.17) is 5.73 Å². The molecule has 31 heavy (non-hydrogen) atoms. The molecule has 1 amide bonds. The molecule has 0 atom stereocenters. The van der Waals surface area contributed by atoms with Gasteiger partial charge in [-0.1, -0.05) is 45.9 Å². The zero-order valence-electron chi connectivity index (χ0n) is 19.4. The summed E-state index contributed by atoms with van der Waals surface area (Å²) >= 11 is 0. The summed E-state index contributed by atoms with van der Waals surface area (Å²) in [4.78, 5) is 44.2. The van der Waals surface area contributed by atoms with Crippen molar-refractivity contribution in [3.05, 3.63) is 51.2 Å². The lowest BCUT2D eigenvalue weighted by Crippen LogP contribution is -2.47. The lowest BCUT2D eigenvalue weighted by molar-refractivity contribution is -0.117. The van der Waals surface area contributed by atoms with Crippen LogP contribution in [-0.2, 0) is 11.3 Å². The van der Waals surface area contributed by atoms with Crippen LogP contribution in [0.15, 0.2) is 39.9 Å². The molecule has 3 N–H and O–H groups in total. The van der Waals surface area contributed by atoms with Crippen molar-refractivity contribution in [3.63, 3.8) is 0 Å². The maximum absolute atomic E-state index is 13.4. The summed E-state index contributed by atoms with van der Waals surface area (Å²) in [6, 6.07) is 9.36. The molecule has 8 nitrogen and oxygen atoms in total. The quantitative estimate of drug-likeness (QED) is 0.638. The maximum atomic E-state index is 13.4. The number of para-hydroxylation sites is 1. The van der Waals surface area contributed by atoms with Gasteiger partial charge in [0.2, 0.25) is 5.91 Å². The topological polar surface area (TPSA) is 104 Å². The van der Waals surface area contributed by atoms with E-state index >= 15 is 0 Å². The van der Waals surface area contributed by atoms with E-state index in [1.807, 2.05) is 71.9 Å². The summed E-state index contributed by atoms with van der Waals surface area (Å²) in [7, 11) is 0. The lowest BCUT2D eigenvalue weighted by Gasteiger charge is -2.32. The Morgan fingerprint density at radius 3 is 2.16 bits per heavy atom. The highest BCUT2D eigenvalue weighted by Gasteiger charge is 2.26. The minimum atomic E-state index is -0.577.